The Morgan fingerprint density at radius 2 is 2.14 bits per heavy atom. The highest BCUT2D eigenvalue weighted by molar-refractivity contribution is 5.44. The molecule has 110 valence electrons. The summed E-state index contributed by atoms with van der Waals surface area (Å²) in [5.74, 6) is 1.94. The molecule has 3 aromatic heterocycles. The van der Waals surface area contributed by atoms with E-state index in [1.807, 2.05) is 32.2 Å². The van der Waals surface area contributed by atoms with Crippen LogP contribution in [0.1, 0.15) is 30.1 Å². The van der Waals surface area contributed by atoms with Crippen molar-refractivity contribution in [2.24, 2.45) is 0 Å². The molecule has 21 heavy (non-hydrogen) atoms. The van der Waals surface area contributed by atoms with Crippen LogP contribution in [-0.2, 0) is 6.54 Å². The second kappa shape index (κ2) is 5.57. The maximum absolute atomic E-state index is 5.66. The zero-order valence-corrected chi connectivity index (χ0v) is 12.2. The molecule has 0 N–H and O–H groups in total. The molecule has 0 aliphatic rings. The fourth-order valence-corrected chi connectivity index (χ4v) is 2.12. The summed E-state index contributed by atoms with van der Waals surface area (Å²) >= 11 is 0. The lowest BCUT2D eigenvalue weighted by molar-refractivity contribution is 0.237. The van der Waals surface area contributed by atoms with Crippen LogP contribution in [0.3, 0.4) is 0 Å². The van der Waals surface area contributed by atoms with Crippen molar-refractivity contribution in [1.29, 1.82) is 0 Å². The lowest BCUT2D eigenvalue weighted by atomic mass is 10.2. The monoisotopic (exact) mass is 287 g/mol. The van der Waals surface area contributed by atoms with Crippen molar-refractivity contribution in [3.05, 3.63) is 47.9 Å². The SMILES string of the molecule is Cc1oc(-c2ccco2)nc1CN(C)[C@@H](C)c1ccon1. The topological polar surface area (TPSA) is 68.4 Å². The van der Waals surface area contributed by atoms with E-state index in [-0.39, 0.29) is 6.04 Å². The van der Waals surface area contributed by atoms with E-state index in [9.17, 15) is 0 Å². The van der Waals surface area contributed by atoms with Crippen LogP contribution in [0.2, 0.25) is 0 Å². The molecule has 0 aliphatic carbocycles. The molecule has 0 aliphatic heterocycles. The van der Waals surface area contributed by atoms with Gasteiger partial charge in [0.25, 0.3) is 5.89 Å². The number of aromatic nitrogens is 2. The average molecular weight is 287 g/mol. The first-order valence-electron chi connectivity index (χ1n) is 6.76. The van der Waals surface area contributed by atoms with Gasteiger partial charge >= 0.3 is 0 Å². The van der Waals surface area contributed by atoms with Gasteiger partial charge in [-0.1, -0.05) is 5.16 Å². The molecule has 3 heterocycles. The summed E-state index contributed by atoms with van der Waals surface area (Å²) in [6.07, 6.45) is 3.18. The Bertz CT molecular complexity index is 686. The summed E-state index contributed by atoms with van der Waals surface area (Å²) in [6, 6.07) is 5.64. The van der Waals surface area contributed by atoms with Crippen molar-refractivity contribution in [2.75, 3.05) is 7.05 Å². The molecule has 0 spiro atoms. The zero-order valence-electron chi connectivity index (χ0n) is 12.2. The molecule has 0 aromatic carbocycles. The molecule has 0 bridgehead atoms. The number of furan rings is 1. The number of nitrogens with zero attached hydrogens (tertiary/aromatic N) is 3. The van der Waals surface area contributed by atoms with Gasteiger partial charge in [-0.05, 0) is 33.0 Å². The minimum Gasteiger partial charge on any atom is -0.459 e. The van der Waals surface area contributed by atoms with Gasteiger partial charge in [0.15, 0.2) is 5.76 Å². The van der Waals surface area contributed by atoms with Crippen LogP contribution in [0.5, 0.6) is 0 Å². The lowest BCUT2D eigenvalue weighted by Gasteiger charge is -2.21. The van der Waals surface area contributed by atoms with Gasteiger partial charge in [-0.15, -0.1) is 0 Å². The lowest BCUT2D eigenvalue weighted by Crippen LogP contribution is -2.22. The van der Waals surface area contributed by atoms with Crippen molar-refractivity contribution in [3.63, 3.8) is 0 Å². The summed E-state index contributed by atoms with van der Waals surface area (Å²) < 4.78 is 15.9. The van der Waals surface area contributed by atoms with E-state index in [0.29, 0.717) is 18.2 Å². The largest absolute Gasteiger partial charge is 0.459 e. The van der Waals surface area contributed by atoms with Gasteiger partial charge in [-0.25, -0.2) is 4.98 Å². The van der Waals surface area contributed by atoms with E-state index in [1.165, 1.54) is 0 Å². The number of hydrogen-bond acceptors (Lipinski definition) is 6. The molecule has 0 fully saturated rings. The first-order valence-corrected chi connectivity index (χ1v) is 6.76. The summed E-state index contributed by atoms with van der Waals surface area (Å²) in [7, 11) is 2.01. The van der Waals surface area contributed by atoms with E-state index in [1.54, 1.807) is 12.5 Å². The smallest absolute Gasteiger partial charge is 0.263 e. The Labute approximate surface area is 122 Å². The molecule has 0 saturated carbocycles. The van der Waals surface area contributed by atoms with Gasteiger partial charge in [0.2, 0.25) is 0 Å². The zero-order chi connectivity index (χ0) is 14.8. The number of hydrogen-bond donors (Lipinski definition) is 0. The summed E-state index contributed by atoms with van der Waals surface area (Å²) in [4.78, 5) is 6.64. The summed E-state index contributed by atoms with van der Waals surface area (Å²) in [5, 5.41) is 3.97. The minimum atomic E-state index is 0.131. The van der Waals surface area contributed by atoms with Crippen molar-refractivity contribution in [1.82, 2.24) is 15.0 Å². The molecule has 0 amide bonds. The van der Waals surface area contributed by atoms with Crippen LogP contribution in [0.25, 0.3) is 11.7 Å². The van der Waals surface area contributed by atoms with Gasteiger partial charge in [0, 0.05) is 12.6 Å². The van der Waals surface area contributed by atoms with Gasteiger partial charge < -0.3 is 13.4 Å². The maximum atomic E-state index is 5.66. The second-order valence-corrected chi connectivity index (χ2v) is 5.01. The Kier molecular flexibility index (Phi) is 3.62. The molecule has 6 heteroatoms. The highest BCUT2D eigenvalue weighted by atomic mass is 16.5. The molecule has 3 rings (SSSR count). The van der Waals surface area contributed by atoms with Gasteiger partial charge in [-0.2, -0.15) is 0 Å². The van der Waals surface area contributed by atoms with Crippen LogP contribution in [0.15, 0.2) is 44.1 Å². The Morgan fingerprint density at radius 1 is 1.29 bits per heavy atom. The predicted molar refractivity (Wildman–Crippen MR) is 75.3 cm³/mol. The van der Waals surface area contributed by atoms with Gasteiger partial charge in [-0.3, -0.25) is 4.90 Å². The van der Waals surface area contributed by atoms with Crippen molar-refractivity contribution >= 4 is 0 Å². The third kappa shape index (κ3) is 2.75. The van der Waals surface area contributed by atoms with Gasteiger partial charge in [0.05, 0.1) is 18.0 Å². The van der Waals surface area contributed by atoms with Crippen molar-refractivity contribution < 1.29 is 13.4 Å². The molecule has 1 atom stereocenters. The Hall–Kier alpha value is -2.34. The number of aryl methyl sites for hydroxylation is 1. The normalized spacial score (nSPS) is 13.0. The molecule has 3 aromatic rings. The second-order valence-electron chi connectivity index (χ2n) is 5.01. The average Bonchev–Trinajstić information content (AvgIpc) is 3.20. The highest BCUT2D eigenvalue weighted by Gasteiger charge is 2.19. The van der Waals surface area contributed by atoms with Crippen LogP contribution in [0, 0.1) is 6.92 Å². The van der Waals surface area contributed by atoms with Gasteiger partial charge in [0.1, 0.15) is 17.7 Å². The van der Waals surface area contributed by atoms with Crippen LogP contribution in [0.4, 0.5) is 0 Å². The first-order chi connectivity index (χ1) is 10.1. The predicted octanol–water partition coefficient (Wildman–Crippen LogP) is 3.42. The van der Waals surface area contributed by atoms with E-state index < -0.39 is 0 Å². The standard InChI is InChI=1S/C15H17N3O3/c1-10(12-6-8-20-17-12)18(3)9-13-11(2)21-15(16-13)14-5-4-7-19-14/h4-8,10H,9H2,1-3H3/t10-/m0/s1. The molecule has 0 radical (unpaired) electrons. The third-order valence-electron chi connectivity index (χ3n) is 3.57. The Morgan fingerprint density at radius 3 is 2.81 bits per heavy atom. The number of rotatable bonds is 5. The van der Waals surface area contributed by atoms with Crippen LogP contribution in [-0.4, -0.2) is 22.1 Å². The molecule has 0 saturated heterocycles. The minimum absolute atomic E-state index is 0.131. The fourth-order valence-electron chi connectivity index (χ4n) is 2.12. The fraction of sp³-hybridized carbons (Fsp3) is 0.333. The van der Waals surface area contributed by atoms with Crippen LogP contribution >= 0.6 is 0 Å². The van der Waals surface area contributed by atoms with E-state index in [2.05, 4.69) is 22.0 Å². The van der Waals surface area contributed by atoms with E-state index >= 15 is 0 Å². The number of oxazole rings is 1. The van der Waals surface area contributed by atoms with E-state index in [0.717, 1.165) is 17.1 Å². The summed E-state index contributed by atoms with van der Waals surface area (Å²) in [6.45, 7) is 4.63. The molecule has 0 unspecified atom stereocenters. The Balaban J connectivity index is 1.76. The molecular weight excluding hydrogens is 270 g/mol. The van der Waals surface area contributed by atoms with E-state index in [4.69, 9.17) is 13.4 Å². The van der Waals surface area contributed by atoms with Crippen molar-refractivity contribution in [2.45, 2.75) is 26.4 Å². The third-order valence-corrected chi connectivity index (χ3v) is 3.57. The van der Waals surface area contributed by atoms with Crippen molar-refractivity contribution in [3.8, 4) is 11.7 Å². The highest BCUT2D eigenvalue weighted by Crippen LogP contribution is 2.25. The summed E-state index contributed by atoms with van der Waals surface area (Å²) in [5.41, 5.74) is 1.78. The first kappa shape index (κ1) is 13.6. The molecular formula is C15H17N3O3. The quantitative estimate of drug-likeness (QED) is 0.716. The maximum Gasteiger partial charge on any atom is 0.263 e. The van der Waals surface area contributed by atoms with Crippen LogP contribution < -0.4 is 0 Å². The molecule has 6 nitrogen and oxygen atoms in total.